The lowest BCUT2D eigenvalue weighted by Crippen LogP contribution is -2.14. The van der Waals surface area contributed by atoms with Gasteiger partial charge in [0.1, 0.15) is 11.8 Å². The van der Waals surface area contributed by atoms with Crippen LogP contribution in [0.3, 0.4) is 0 Å². The summed E-state index contributed by atoms with van der Waals surface area (Å²) in [5.74, 6) is 0.0289. The largest absolute Gasteiger partial charge is 0.479 e. The summed E-state index contributed by atoms with van der Waals surface area (Å²) in [6.45, 7) is 0.383. The summed E-state index contributed by atoms with van der Waals surface area (Å²) >= 11 is 5.14. The van der Waals surface area contributed by atoms with Crippen molar-refractivity contribution < 1.29 is 9.53 Å². The zero-order valence-electron chi connectivity index (χ0n) is 9.14. The SMILES string of the molecule is COc1ncnc2c1[nH]c(=S)n2CCC(N)=O. The number of hydrogen-bond acceptors (Lipinski definition) is 5. The number of nitrogens with one attached hydrogen (secondary N) is 1. The van der Waals surface area contributed by atoms with E-state index in [1.807, 2.05) is 0 Å². The number of H-pyrrole nitrogens is 1. The number of rotatable bonds is 4. The van der Waals surface area contributed by atoms with Crippen LogP contribution in [0.2, 0.25) is 0 Å². The van der Waals surface area contributed by atoms with Crippen molar-refractivity contribution in [1.82, 2.24) is 19.5 Å². The fraction of sp³-hybridized carbons (Fsp3) is 0.333. The van der Waals surface area contributed by atoms with Gasteiger partial charge in [-0.15, -0.1) is 0 Å². The molecule has 90 valence electrons. The van der Waals surface area contributed by atoms with Gasteiger partial charge < -0.3 is 20.0 Å². The number of amides is 1. The third-order valence-corrected chi connectivity index (χ3v) is 2.62. The molecule has 0 saturated heterocycles. The number of aromatic amines is 1. The van der Waals surface area contributed by atoms with Gasteiger partial charge in [0.25, 0.3) is 0 Å². The molecular formula is C9H11N5O2S. The maximum atomic E-state index is 10.8. The minimum Gasteiger partial charge on any atom is -0.479 e. The highest BCUT2D eigenvalue weighted by atomic mass is 32.1. The Morgan fingerprint density at radius 3 is 3.06 bits per heavy atom. The predicted octanol–water partition coefficient (Wildman–Crippen LogP) is 0.373. The summed E-state index contributed by atoms with van der Waals surface area (Å²) in [5, 5.41) is 0. The van der Waals surface area contributed by atoms with Crippen LogP contribution >= 0.6 is 12.2 Å². The van der Waals surface area contributed by atoms with Gasteiger partial charge in [0.2, 0.25) is 11.8 Å². The molecule has 0 saturated carbocycles. The smallest absolute Gasteiger partial charge is 0.242 e. The Bertz CT molecular complexity index is 617. The topological polar surface area (TPSA) is 98.8 Å². The number of methoxy groups -OCH3 is 1. The molecule has 2 heterocycles. The maximum Gasteiger partial charge on any atom is 0.242 e. The van der Waals surface area contributed by atoms with E-state index in [2.05, 4.69) is 15.0 Å². The molecule has 7 nitrogen and oxygen atoms in total. The molecule has 3 N–H and O–H groups in total. The highest BCUT2D eigenvalue weighted by Gasteiger charge is 2.11. The average Bonchev–Trinajstić information content (AvgIpc) is 2.62. The first kappa shape index (κ1) is 11.5. The number of nitrogens with two attached hydrogens (primary N) is 1. The van der Waals surface area contributed by atoms with Crippen molar-refractivity contribution >= 4 is 29.3 Å². The number of fused-ring (bicyclic) bond motifs is 1. The van der Waals surface area contributed by atoms with E-state index in [4.69, 9.17) is 22.7 Å². The number of ether oxygens (including phenoxy) is 1. The lowest BCUT2D eigenvalue weighted by Gasteiger charge is -2.02. The highest BCUT2D eigenvalue weighted by Crippen LogP contribution is 2.19. The van der Waals surface area contributed by atoms with Crippen molar-refractivity contribution in [2.24, 2.45) is 5.73 Å². The van der Waals surface area contributed by atoms with Crippen LogP contribution in [0, 0.1) is 4.77 Å². The molecule has 0 aromatic carbocycles. The van der Waals surface area contributed by atoms with E-state index in [1.165, 1.54) is 13.4 Å². The predicted molar refractivity (Wildman–Crippen MR) is 63.1 cm³/mol. The van der Waals surface area contributed by atoms with Gasteiger partial charge in [-0.25, -0.2) is 4.98 Å². The number of aromatic nitrogens is 4. The summed E-state index contributed by atoms with van der Waals surface area (Å²) in [7, 11) is 1.51. The van der Waals surface area contributed by atoms with Crippen molar-refractivity contribution in [3.63, 3.8) is 0 Å². The molecule has 0 aliphatic carbocycles. The molecule has 0 radical (unpaired) electrons. The Morgan fingerprint density at radius 1 is 1.65 bits per heavy atom. The van der Waals surface area contributed by atoms with Crippen molar-refractivity contribution in [3.8, 4) is 5.88 Å². The molecule has 0 unspecified atom stereocenters. The number of carbonyl (C=O) groups excluding carboxylic acids is 1. The molecule has 0 atom stereocenters. The molecule has 2 aromatic rings. The summed E-state index contributed by atoms with van der Waals surface area (Å²) in [6, 6.07) is 0. The first-order valence-corrected chi connectivity index (χ1v) is 5.30. The summed E-state index contributed by atoms with van der Waals surface area (Å²) < 4.78 is 7.24. The molecule has 2 rings (SSSR count). The van der Waals surface area contributed by atoms with Crippen LogP contribution in [0.15, 0.2) is 6.33 Å². The standard InChI is InChI=1S/C9H11N5O2S/c1-16-8-6-7(11-4-12-8)14(9(17)13-6)3-2-5(10)15/h4H,2-3H2,1H3,(H2,10,15)(H,13,17). The van der Waals surface area contributed by atoms with E-state index in [0.29, 0.717) is 28.4 Å². The van der Waals surface area contributed by atoms with E-state index >= 15 is 0 Å². The van der Waals surface area contributed by atoms with Crippen LogP contribution in [-0.2, 0) is 11.3 Å². The van der Waals surface area contributed by atoms with E-state index in [-0.39, 0.29) is 12.3 Å². The fourth-order valence-electron chi connectivity index (χ4n) is 1.53. The zero-order valence-corrected chi connectivity index (χ0v) is 9.95. The van der Waals surface area contributed by atoms with Crippen molar-refractivity contribution in [2.75, 3.05) is 7.11 Å². The van der Waals surface area contributed by atoms with E-state index in [9.17, 15) is 4.79 Å². The second-order valence-corrected chi connectivity index (χ2v) is 3.77. The Kier molecular flexibility index (Phi) is 3.05. The molecular weight excluding hydrogens is 242 g/mol. The number of carbonyl (C=O) groups is 1. The Balaban J connectivity index is 2.52. The van der Waals surface area contributed by atoms with E-state index in [1.54, 1.807) is 4.57 Å². The van der Waals surface area contributed by atoms with Crippen LogP contribution in [0.4, 0.5) is 0 Å². The molecule has 1 amide bonds. The molecule has 0 fully saturated rings. The minimum absolute atomic E-state index is 0.202. The molecule has 17 heavy (non-hydrogen) atoms. The maximum absolute atomic E-state index is 10.8. The summed E-state index contributed by atoms with van der Waals surface area (Å²) in [4.78, 5) is 21.8. The van der Waals surface area contributed by atoms with Crippen molar-refractivity contribution in [2.45, 2.75) is 13.0 Å². The van der Waals surface area contributed by atoms with Crippen LogP contribution in [0.5, 0.6) is 5.88 Å². The van der Waals surface area contributed by atoms with Crippen LogP contribution in [0.1, 0.15) is 6.42 Å². The van der Waals surface area contributed by atoms with Crippen molar-refractivity contribution in [3.05, 3.63) is 11.1 Å². The van der Waals surface area contributed by atoms with Gasteiger partial charge in [-0.2, -0.15) is 4.98 Å². The quantitative estimate of drug-likeness (QED) is 0.767. The minimum atomic E-state index is -0.387. The molecule has 2 aromatic heterocycles. The molecule has 0 spiro atoms. The number of aryl methyl sites for hydroxylation is 1. The van der Waals surface area contributed by atoms with Gasteiger partial charge >= 0.3 is 0 Å². The van der Waals surface area contributed by atoms with Gasteiger partial charge in [-0.1, -0.05) is 0 Å². The second kappa shape index (κ2) is 4.50. The third kappa shape index (κ3) is 2.11. The van der Waals surface area contributed by atoms with Crippen LogP contribution < -0.4 is 10.5 Å². The number of nitrogens with zero attached hydrogens (tertiary/aromatic N) is 3. The lowest BCUT2D eigenvalue weighted by molar-refractivity contribution is -0.118. The van der Waals surface area contributed by atoms with Gasteiger partial charge in [0.15, 0.2) is 10.4 Å². The Hall–Kier alpha value is -1.96. The highest BCUT2D eigenvalue weighted by molar-refractivity contribution is 7.71. The molecule has 0 aliphatic rings. The fourth-order valence-corrected chi connectivity index (χ4v) is 1.81. The first-order valence-electron chi connectivity index (χ1n) is 4.89. The number of primary amides is 1. The summed E-state index contributed by atoms with van der Waals surface area (Å²) in [5.41, 5.74) is 6.32. The normalized spacial score (nSPS) is 10.6. The van der Waals surface area contributed by atoms with Gasteiger partial charge in [-0.05, 0) is 12.2 Å². The number of hydrogen-bond donors (Lipinski definition) is 2. The van der Waals surface area contributed by atoms with E-state index in [0.717, 1.165) is 0 Å². The van der Waals surface area contributed by atoms with Crippen LogP contribution in [0.25, 0.3) is 11.2 Å². The van der Waals surface area contributed by atoms with Crippen molar-refractivity contribution in [1.29, 1.82) is 0 Å². The lowest BCUT2D eigenvalue weighted by atomic mass is 10.4. The third-order valence-electron chi connectivity index (χ3n) is 2.30. The number of imidazole rings is 1. The molecule has 8 heteroatoms. The zero-order chi connectivity index (χ0) is 12.4. The van der Waals surface area contributed by atoms with Crippen LogP contribution in [-0.4, -0.2) is 32.5 Å². The summed E-state index contributed by atoms with van der Waals surface area (Å²) in [6.07, 6.45) is 1.58. The first-order chi connectivity index (χ1) is 8.13. The van der Waals surface area contributed by atoms with Gasteiger partial charge in [0.05, 0.1) is 7.11 Å². The average molecular weight is 253 g/mol. The monoisotopic (exact) mass is 253 g/mol. The second-order valence-electron chi connectivity index (χ2n) is 3.38. The Morgan fingerprint density at radius 2 is 2.41 bits per heavy atom. The van der Waals surface area contributed by atoms with E-state index < -0.39 is 0 Å². The molecule has 0 aliphatic heterocycles. The molecule has 0 bridgehead atoms. The van der Waals surface area contributed by atoms with Gasteiger partial charge in [0, 0.05) is 13.0 Å². The Labute approximate surface area is 102 Å². The van der Waals surface area contributed by atoms with Gasteiger partial charge in [-0.3, -0.25) is 4.79 Å².